The minimum atomic E-state index is -0.291. The lowest BCUT2D eigenvalue weighted by Gasteiger charge is -2.23. The number of halogens is 1. The third-order valence-corrected chi connectivity index (χ3v) is 5.36. The van der Waals surface area contributed by atoms with Crippen LogP contribution in [-0.2, 0) is 6.54 Å². The lowest BCUT2D eigenvalue weighted by molar-refractivity contribution is 0.0642. The number of imide groups is 1. The number of hydrogen-bond acceptors (Lipinski definition) is 4. The molecule has 0 saturated carbocycles. The summed E-state index contributed by atoms with van der Waals surface area (Å²) in [4.78, 5) is 38.8. The lowest BCUT2D eigenvalue weighted by atomic mass is 9.99. The molecule has 2 aromatic rings. The number of benzene rings is 2. The van der Waals surface area contributed by atoms with Gasteiger partial charge in [-0.05, 0) is 61.7 Å². The zero-order chi connectivity index (χ0) is 19.5. The smallest absolute Gasteiger partial charge is 0.261 e. The molecule has 1 saturated heterocycles. The van der Waals surface area contributed by atoms with E-state index in [1.807, 2.05) is 6.07 Å². The second-order valence-electron chi connectivity index (χ2n) is 7.36. The number of nitrogens with one attached hydrogen (secondary N) is 2. The molecule has 29 heavy (non-hydrogen) atoms. The van der Waals surface area contributed by atoms with Crippen molar-refractivity contribution in [3.05, 3.63) is 70.8 Å². The standard InChI is InChI=1S/C22H23N3O3.ClH/c26-20(24-13-16-6-4-10-23-12-16)17-7-3-5-15(11-17)14-25-21(27)18-8-1-2-9-19(18)22(25)28;/h1-3,5,7-9,11,16,23H,4,6,10,12-14H2,(H,24,26);1H. The van der Waals surface area contributed by atoms with E-state index in [2.05, 4.69) is 10.6 Å². The molecule has 1 fully saturated rings. The molecule has 0 radical (unpaired) electrons. The van der Waals surface area contributed by atoms with Gasteiger partial charge in [-0.3, -0.25) is 19.3 Å². The first-order valence-electron chi connectivity index (χ1n) is 9.66. The van der Waals surface area contributed by atoms with Crippen LogP contribution in [0.15, 0.2) is 48.5 Å². The van der Waals surface area contributed by atoms with Gasteiger partial charge in [0.25, 0.3) is 17.7 Å². The fourth-order valence-corrected chi connectivity index (χ4v) is 3.81. The van der Waals surface area contributed by atoms with E-state index >= 15 is 0 Å². The highest BCUT2D eigenvalue weighted by Crippen LogP contribution is 2.24. The highest BCUT2D eigenvalue weighted by atomic mass is 35.5. The average Bonchev–Trinajstić information content (AvgIpc) is 2.98. The lowest BCUT2D eigenvalue weighted by Crippen LogP contribution is -2.38. The van der Waals surface area contributed by atoms with Crippen LogP contribution in [0.1, 0.15) is 49.5 Å². The molecule has 2 aliphatic rings. The SMILES string of the molecule is Cl.O=C(NCC1CCCNC1)c1cccc(CN2C(=O)c3ccccc3C2=O)c1. The molecular formula is C22H24ClN3O3. The van der Waals surface area contributed by atoms with E-state index in [-0.39, 0.29) is 36.7 Å². The molecule has 1 unspecified atom stereocenters. The Kier molecular flexibility index (Phi) is 6.67. The van der Waals surface area contributed by atoms with Crippen LogP contribution in [0.25, 0.3) is 0 Å². The molecule has 2 N–H and O–H groups in total. The van der Waals surface area contributed by atoms with Gasteiger partial charge in [-0.2, -0.15) is 0 Å². The molecule has 0 spiro atoms. The van der Waals surface area contributed by atoms with Gasteiger partial charge in [0.1, 0.15) is 0 Å². The summed E-state index contributed by atoms with van der Waals surface area (Å²) in [5, 5.41) is 6.34. The van der Waals surface area contributed by atoms with Crippen LogP contribution in [0.3, 0.4) is 0 Å². The summed E-state index contributed by atoms with van der Waals surface area (Å²) >= 11 is 0. The summed E-state index contributed by atoms with van der Waals surface area (Å²) in [6, 6.07) is 13.9. The molecule has 2 heterocycles. The van der Waals surface area contributed by atoms with Crippen LogP contribution in [0.2, 0.25) is 0 Å². The maximum absolute atomic E-state index is 12.5. The van der Waals surface area contributed by atoms with E-state index in [4.69, 9.17) is 0 Å². The molecule has 152 valence electrons. The van der Waals surface area contributed by atoms with Crippen molar-refractivity contribution in [1.29, 1.82) is 0 Å². The van der Waals surface area contributed by atoms with E-state index in [9.17, 15) is 14.4 Å². The number of fused-ring (bicyclic) bond motifs is 1. The van der Waals surface area contributed by atoms with Crippen molar-refractivity contribution in [2.75, 3.05) is 19.6 Å². The molecule has 0 aliphatic carbocycles. The van der Waals surface area contributed by atoms with E-state index in [1.165, 1.54) is 4.90 Å². The normalized spacial score (nSPS) is 18.2. The summed E-state index contributed by atoms with van der Waals surface area (Å²) in [6.07, 6.45) is 2.25. The van der Waals surface area contributed by atoms with Crippen molar-refractivity contribution in [3.63, 3.8) is 0 Å². The Balaban J connectivity index is 0.00000240. The van der Waals surface area contributed by atoms with Crippen molar-refractivity contribution < 1.29 is 14.4 Å². The summed E-state index contributed by atoms with van der Waals surface area (Å²) < 4.78 is 0. The fourth-order valence-electron chi connectivity index (χ4n) is 3.81. The van der Waals surface area contributed by atoms with Crippen LogP contribution in [-0.4, -0.2) is 42.3 Å². The highest BCUT2D eigenvalue weighted by Gasteiger charge is 2.35. The van der Waals surface area contributed by atoms with Gasteiger partial charge in [0.2, 0.25) is 0 Å². The first kappa shape index (κ1) is 21.0. The van der Waals surface area contributed by atoms with Gasteiger partial charge in [-0.1, -0.05) is 24.3 Å². The Morgan fingerprint density at radius 3 is 2.45 bits per heavy atom. The number of hydrogen-bond donors (Lipinski definition) is 2. The van der Waals surface area contributed by atoms with Crippen molar-refractivity contribution in [3.8, 4) is 0 Å². The molecule has 3 amide bonds. The van der Waals surface area contributed by atoms with Gasteiger partial charge in [-0.25, -0.2) is 0 Å². The van der Waals surface area contributed by atoms with Gasteiger partial charge < -0.3 is 10.6 Å². The molecule has 2 aliphatic heterocycles. The Labute approximate surface area is 176 Å². The quantitative estimate of drug-likeness (QED) is 0.738. The van der Waals surface area contributed by atoms with Crippen molar-refractivity contribution >= 4 is 30.1 Å². The third-order valence-electron chi connectivity index (χ3n) is 5.36. The van der Waals surface area contributed by atoms with Gasteiger partial charge in [0, 0.05) is 12.1 Å². The second kappa shape index (κ2) is 9.20. The topological polar surface area (TPSA) is 78.5 Å². The summed E-state index contributed by atoms with van der Waals surface area (Å²) in [6.45, 7) is 2.78. The van der Waals surface area contributed by atoms with E-state index in [0.29, 0.717) is 29.2 Å². The van der Waals surface area contributed by atoms with Gasteiger partial charge >= 0.3 is 0 Å². The molecule has 4 rings (SSSR count). The van der Waals surface area contributed by atoms with Gasteiger partial charge in [-0.15, -0.1) is 12.4 Å². The molecule has 2 aromatic carbocycles. The Hall–Kier alpha value is -2.70. The van der Waals surface area contributed by atoms with Crippen LogP contribution in [0.4, 0.5) is 0 Å². The minimum Gasteiger partial charge on any atom is -0.352 e. The zero-order valence-corrected chi connectivity index (χ0v) is 16.8. The molecular weight excluding hydrogens is 390 g/mol. The van der Waals surface area contributed by atoms with Crippen molar-refractivity contribution in [1.82, 2.24) is 15.5 Å². The first-order valence-corrected chi connectivity index (χ1v) is 9.66. The fraction of sp³-hybridized carbons (Fsp3) is 0.318. The molecule has 1 atom stereocenters. The van der Waals surface area contributed by atoms with Crippen molar-refractivity contribution in [2.24, 2.45) is 5.92 Å². The maximum Gasteiger partial charge on any atom is 0.261 e. The summed E-state index contributed by atoms with van der Waals surface area (Å²) in [5.74, 6) is -0.255. The zero-order valence-electron chi connectivity index (χ0n) is 16.0. The predicted molar refractivity (Wildman–Crippen MR) is 112 cm³/mol. The number of piperidine rings is 1. The Morgan fingerprint density at radius 2 is 1.79 bits per heavy atom. The largest absolute Gasteiger partial charge is 0.352 e. The number of nitrogens with zero attached hydrogens (tertiary/aromatic N) is 1. The van der Waals surface area contributed by atoms with Gasteiger partial charge in [0.15, 0.2) is 0 Å². The van der Waals surface area contributed by atoms with Gasteiger partial charge in [0.05, 0.1) is 17.7 Å². The van der Waals surface area contributed by atoms with E-state index in [0.717, 1.165) is 31.5 Å². The molecule has 0 bridgehead atoms. The van der Waals surface area contributed by atoms with Crippen LogP contribution in [0.5, 0.6) is 0 Å². The third kappa shape index (κ3) is 4.49. The Morgan fingerprint density at radius 1 is 1.07 bits per heavy atom. The number of carbonyl (C=O) groups is 3. The van der Waals surface area contributed by atoms with Crippen molar-refractivity contribution in [2.45, 2.75) is 19.4 Å². The van der Waals surface area contributed by atoms with E-state index in [1.54, 1.807) is 42.5 Å². The molecule has 7 heteroatoms. The van der Waals surface area contributed by atoms with Crippen LogP contribution < -0.4 is 10.6 Å². The number of carbonyl (C=O) groups excluding carboxylic acids is 3. The maximum atomic E-state index is 12.5. The minimum absolute atomic E-state index is 0. The summed E-state index contributed by atoms with van der Waals surface area (Å²) in [5.41, 5.74) is 2.16. The average molecular weight is 414 g/mol. The monoisotopic (exact) mass is 413 g/mol. The second-order valence-corrected chi connectivity index (χ2v) is 7.36. The summed E-state index contributed by atoms with van der Waals surface area (Å²) in [7, 11) is 0. The highest BCUT2D eigenvalue weighted by molar-refractivity contribution is 6.21. The molecule has 0 aromatic heterocycles. The predicted octanol–water partition coefficient (Wildman–Crippen LogP) is 2.63. The number of amides is 3. The Bertz CT molecular complexity index is 890. The number of rotatable bonds is 5. The van der Waals surface area contributed by atoms with Crippen LogP contribution in [0, 0.1) is 5.92 Å². The molecule has 6 nitrogen and oxygen atoms in total. The van der Waals surface area contributed by atoms with Crippen LogP contribution >= 0.6 is 12.4 Å². The van der Waals surface area contributed by atoms with E-state index < -0.39 is 0 Å². The first-order chi connectivity index (χ1) is 13.6.